The summed E-state index contributed by atoms with van der Waals surface area (Å²) in [7, 11) is 0. The summed E-state index contributed by atoms with van der Waals surface area (Å²) in [5.41, 5.74) is 0.327. The molecule has 0 saturated carbocycles. The van der Waals surface area contributed by atoms with Crippen molar-refractivity contribution in [3.63, 3.8) is 0 Å². The number of hydrogen-bond donors (Lipinski definition) is 0. The first kappa shape index (κ1) is 11.8. The molecular formula is C13H18O2S. The number of hydrogen-bond acceptors (Lipinski definition) is 3. The molecule has 0 radical (unpaired) electrons. The monoisotopic (exact) mass is 238 g/mol. The molecule has 88 valence electrons. The van der Waals surface area contributed by atoms with Crippen LogP contribution in [0.1, 0.15) is 20.3 Å². The highest BCUT2D eigenvalue weighted by Crippen LogP contribution is 2.33. The molecule has 1 aliphatic heterocycles. The standard InChI is InChI=1S/C13H18O2S/c1-3-14-11-4-6-12(7-5-11)16-13-8-10(2)9-15-13/h4-7,10,13H,3,8-9H2,1-2H3/t10-,13?/m1/s1. The van der Waals surface area contributed by atoms with Crippen LogP contribution < -0.4 is 4.74 Å². The molecule has 2 nitrogen and oxygen atoms in total. The fourth-order valence-electron chi connectivity index (χ4n) is 1.75. The summed E-state index contributed by atoms with van der Waals surface area (Å²) in [5, 5.41) is 0. The Kier molecular flexibility index (Phi) is 4.13. The van der Waals surface area contributed by atoms with E-state index in [2.05, 4.69) is 19.1 Å². The predicted molar refractivity (Wildman–Crippen MR) is 67.0 cm³/mol. The first-order valence-electron chi connectivity index (χ1n) is 5.79. The normalized spacial score (nSPS) is 24.6. The summed E-state index contributed by atoms with van der Waals surface area (Å²) in [6.07, 6.45) is 1.15. The fraction of sp³-hybridized carbons (Fsp3) is 0.538. The molecule has 1 unspecified atom stereocenters. The van der Waals surface area contributed by atoms with E-state index in [1.807, 2.05) is 19.1 Å². The van der Waals surface area contributed by atoms with Crippen LogP contribution in [0.2, 0.25) is 0 Å². The Hall–Kier alpha value is -0.670. The van der Waals surface area contributed by atoms with Gasteiger partial charge in [-0.25, -0.2) is 0 Å². The Morgan fingerprint density at radius 1 is 1.38 bits per heavy atom. The maximum Gasteiger partial charge on any atom is 0.119 e. The molecule has 0 aromatic heterocycles. The van der Waals surface area contributed by atoms with Crippen molar-refractivity contribution in [1.29, 1.82) is 0 Å². The Bertz CT molecular complexity index is 323. The molecule has 2 rings (SSSR count). The van der Waals surface area contributed by atoms with Gasteiger partial charge in [-0.05, 0) is 43.5 Å². The van der Waals surface area contributed by atoms with E-state index >= 15 is 0 Å². The smallest absolute Gasteiger partial charge is 0.119 e. The van der Waals surface area contributed by atoms with E-state index < -0.39 is 0 Å². The van der Waals surface area contributed by atoms with Crippen molar-refractivity contribution in [2.45, 2.75) is 30.6 Å². The molecule has 3 heteroatoms. The highest BCUT2D eigenvalue weighted by molar-refractivity contribution is 7.99. The first-order valence-corrected chi connectivity index (χ1v) is 6.67. The van der Waals surface area contributed by atoms with Gasteiger partial charge in [-0.15, -0.1) is 0 Å². The van der Waals surface area contributed by atoms with E-state index in [-0.39, 0.29) is 0 Å². The van der Waals surface area contributed by atoms with Gasteiger partial charge >= 0.3 is 0 Å². The molecular weight excluding hydrogens is 220 g/mol. The lowest BCUT2D eigenvalue weighted by atomic mass is 10.2. The van der Waals surface area contributed by atoms with Crippen molar-refractivity contribution in [1.82, 2.24) is 0 Å². The van der Waals surface area contributed by atoms with E-state index in [1.54, 1.807) is 11.8 Å². The highest BCUT2D eigenvalue weighted by Gasteiger charge is 2.22. The largest absolute Gasteiger partial charge is 0.494 e. The highest BCUT2D eigenvalue weighted by atomic mass is 32.2. The van der Waals surface area contributed by atoms with Crippen LogP contribution in [0, 0.1) is 5.92 Å². The fourth-order valence-corrected chi connectivity index (χ4v) is 2.92. The zero-order valence-electron chi connectivity index (χ0n) is 9.81. The minimum atomic E-state index is 0.327. The lowest BCUT2D eigenvalue weighted by molar-refractivity contribution is 0.166. The zero-order valence-corrected chi connectivity index (χ0v) is 10.6. The Morgan fingerprint density at radius 3 is 2.69 bits per heavy atom. The lowest BCUT2D eigenvalue weighted by Gasteiger charge is -2.09. The van der Waals surface area contributed by atoms with Crippen molar-refractivity contribution < 1.29 is 9.47 Å². The van der Waals surface area contributed by atoms with E-state index in [1.165, 1.54) is 4.90 Å². The van der Waals surface area contributed by atoms with Crippen LogP contribution >= 0.6 is 11.8 Å². The van der Waals surface area contributed by atoms with Crippen LogP contribution in [0.4, 0.5) is 0 Å². The number of thioether (sulfide) groups is 1. The van der Waals surface area contributed by atoms with Crippen LogP contribution in [-0.4, -0.2) is 18.6 Å². The van der Waals surface area contributed by atoms with Gasteiger partial charge in [-0.1, -0.05) is 18.7 Å². The molecule has 1 aromatic carbocycles. The Morgan fingerprint density at radius 2 is 2.12 bits per heavy atom. The third-order valence-corrected chi connectivity index (χ3v) is 3.70. The Labute approximate surface area is 101 Å². The zero-order chi connectivity index (χ0) is 11.4. The first-order chi connectivity index (χ1) is 7.78. The molecule has 0 spiro atoms. The van der Waals surface area contributed by atoms with Gasteiger partial charge in [0.25, 0.3) is 0 Å². The van der Waals surface area contributed by atoms with Crippen LogP contribution in [0.15, 0.2) is 29.2 Å². The van der Waals surface area contributed by atoms with Gasteiger partial charge < -0.3 is 9.47 Å². The second-order valence-corrected chi connectivity index (χ2v) is 5.36. The lowest BCUT2D eigenvalue weighted by Crippen LogP contribution is -1.97. The summed E-state index contributed by atoms with van der Waals surface area (Å²) in [6.45, 7) is 5.85. The second-order valence-electron chi connectivity index (χ2n) is 4.13. The molecule has 0 N–H and O–H groups in total. The van der Waals surface area contributed by atoms with Gasteiger partial charge in [-0.2, -0.15) is 0 Å². The van der Waals surface area contributed by atoms with Gasteiger partial charge in [-0.3, -0.25) is 0 Å². The van der Waals surface area contributed by atoms with Crippen LogP contribution in [0.5, 0.6) is 5.75 Å². The maximum absolute atomic E-state index is 5.68. The SMILES string of the molecule is CCOc1ccc(SC2C[C@@H](C)CO2)cc1. The number of benzene rings is 1. The molecule has 2 atom stereocenters. The van der Waals surface area contributed by atoms with E-state index in [0.717, 1.165) is 25.4 Å². The minimum Gasteiger partial charge on any atom is -0.494 e. The van der Waals surface area contributed by atoms with Gasteiger partial charge in [0.05, 0.1) is 13.2 Å². The molecule has 0 bridgehead atoms. The van der Waals surface area contributed by atoms with Gasteiger partial charge in [0, 0.05) is 4.90 Å². The molecule has 1 saturated heterocycles. The quantitative estimate of drug-likeness (QED) is 0.799. The molecule has 1 fully saturated rings. The van der Waals surface area contributed by atoms with Crippen molar-refractivity contribution >= 4 is 11.8 Å². The second kappa shape index (κ2) is 5.60. The third kappa shape index (κ3) is 3.16. The van der Waals surface area contributed by atoms with E-state index in [9.17, 15) is 0 Å². The van der Waals surface area contributed by atoms with E-state index in [0.29, 0.717) is 11.4 Å². The Balaban J connectivity index is 1.89. The molecule has 0 amide bonds. The maximum atomic E-state index is 5.68. The number of rotatable bonds is 4. The van der Waals surface area contributed by atoms with Gasteiger partial charge in [0.1, 0.15) is 11.2 Å². The predicted octanol–water partition coefficient (Wildman–Crippen LogP) is 3.56. The number of ether oxygens (including phenoxy) is 2. The average molecular weight is 238 g/mol. The third-order valence-electron chi connectivity index (χ3n) is 2.56. The van der Waals surface area contributed by atoms with Crippen molar-refractivity contribution in [2.75, 3.05) is 13.2 Å². The van der Waals surface area contributed by atoms with Gasteiger partial charge in [0.2, 0.25) is 0 Å². The van der Waals surface area contributed by atoms with Crippen molar-refractivity contribution in [3.05, 3.63) is 24.3 Å². The molecule has 1 aromatic rings. The van der Waals surface area contributed by atoms with E-state index in [4.69, 9.17) is 9.47 Å². The molecule has 0 aliphatic carbocycles. The molecule has 1 aliphatic rings. The van der Waals surface area contributed by atoms with Crippen LogP contribution in [-0.2, 0) is 4.74 Å². The van der Waals surface area contributed by atoms with Crippen molar-refractivity contribution in [3.8, 4) is 5.75 Å². The van der Waals surface area contributed by atoms with Crippen LogP contribution in [0.25, 0.3) is 0 Å². The molecule has 16 heavy (non-hydrogen) atoms. The molecule has 1 heterocycles. The van der Waals surface area contributed by atoms with Crippen LogP contribution in [0.3, 0.4) is 0 Å². The summed E-state index contributed by atoms with van der Waals surface area (Å²) < 4.78 is 11.1. The van der Waals surface area contributed by atoms with Gasteiger partial charge in [0.15, 0.2) is 0 Å². The van der Waals surface area contributed by atoms with Crippen molar-refractivity contribution in [2.24, 2.45) is 5.92 Å². The summed E-state index contributed by atoms with van der Waals surface area (Å²) >= 11 is 1.80. The summed E-state index contributed by atoms with van der Waals surface area (Å²) in [4.78, 5) is 1.25. The summed E-state index contributed by atoms with van der Waals surface area (Å²) in [5.74, 6) is 1.63. The summed E-state index contributed by atoms with van der Waals surface area (Å²) in [6, 6.07) is 8.23. The average Bonchev–Trinajstić information content (AvgIpc) is 2.67. The minimum absolute atomic E-state index is 0.327. The topological polar surface area (TPSA) is 18.5 Å².